The summed E-state index contributed by atoms with van der Waals surface area (Å²) in [6.45, 7) is 2.57. The first-order valence-electron chi connectivity index (χ1n) is 7.34. The smallest absolute Gasteiger partial charge is 0.162 e. The molecule has 2 rings (SSSR count). The number of halogens is 1. The topological polar surface area (TPSA) is 30.9 Å². The summed E-state index contributed by atoms with van der Waals surface area (Å²) in [5.41, 5.74) is 1.03. The van der Waals surface area contributed by atoms with Crippen LogP contribution < -0.4 is 9.47 Å². The van der Waals surface area contributed by atoms with Crippen molar-refractivity contribution in [2.45, 2.75) is 31.9 Å². The molecule has 1 saturated heterocycles. The van der Waals surface area contributed by atoms with E-state index >= 15 is 0 Å². The Bertz CT molecular complexity index is 461. The summed E-state index contributed by atoms with van der Waals surface area (Å²) in [5.74, 6) is 1.36. The summed E-state index contributed by atoms with van der Waals surface area (Å²) < 4.78 is 16.4. The number of likely N-dealkylation sites (N-methyl/N-ethyl adjacent to an activating group) is 1. The summed E-state index contributed by atoms with van der Waals surface area (Å²) in [6, 6.07) is 3.75. The molecule has 5 heteroatoms. The third-order valence-corrected chi connectivity index (χ3v) is 4.13. The third-order valence-electron chi connectivity index (χ3n) is 3.78. The van der Waals surface area contributed by atoms with Crippen LogP contribution >= 0.6 is 11.6 Å². The van der Waals surface area contributed by atoms with Gasteiger partial charge in [-0.1, -0.05) is 11.6 Å². The average Bonchev–Trinajstić information content (AvgIpc) is 2.49. The summed E-state index contributed by atoms with van der Waals surface area (Å²) in [5, 5.41) is 0.698. The molecule has 1 aliphatic heterocycles. The second kappa shape index (κ2) is 7.87. The van der Waals surface area contributed by atoms with E-state index < -0.39 is 0 Å². The van der Waals surface area contributed by atoms with Crippen molar-refractivity contribution in [3.63, 3.8) is 0 Å². The molecule has 0 bridgehead atoms. The highest BCUT2D eigenvalue weighted by Gasteiger charge is 2.17. The lowest BCUT2D eigenvalue weighted by Gasteiger charge is -2.27. The van der Waals surface area contributed by atoms with E-state index in [1.807, 2.05) is 6.07 Å². The van der Waals surface area contributed by atoms with Gasteiger partial charge in [0.1, 0.15) is 0 Å². The van der Waals surface area contributed by atoms with E-state index in [0.717, 1.165) is 31.7 Å². The molecule has 0 spiro atoms. The van der Waals surface area contributed by atoms with Crippen LogP contribution in [0.3, 0.4) is 0 Å². The number of ether oxygens (including phenoxy) is 3. The van der Waals surface area contributed by atoms with Crippen LogP contribution in [-0.2, 0) is 11.3 Å². The van der Waals surface area contributed by atoms with E-state index in [2.05, 4.69) is 11.9 Å². The highest BCUT2D eigenvalue weighted by molar-refractivity contribution is 6.31. The molecule has 1 aromatic carbocycles. The van der Waals surface area contributed by atoms with Crippen LogP contribution in [0.1, 0.15) is 24.8 Å². The first kappa shape index (κ1) is 16.4. The highest BCUT2D eigenvalue weighted by atomic mass is 35.5. The van der Waals surface area contributed by atoms with Gasteiger partial charge >= 0.3 is 0 Å². The van der Waals surface area contributed by atoms with Gasteiger partial charge in [0, 0.05) is 30.8 Å². The second-order valence-corrected chi connectivity index (χ2v) is 5.89. The zero-order chi connectivity index (χ0) is 15.2. The lowest BCUT2D eigenvalue weighted by Crippen LogP contribution is -2.33. The Morgan fingerprint density at radius 2 is 1.95 bits per heavy atom. The number of methoxy groups -OCH3 is 2. The summed E-state index contributed by atoms with van der Waals surface area (Å²) >= 11 is 6.33. The molecular weight excluding hydrogens is 290 g/mol. The molecule has 1 heterocycles. The van der Waals surface area contributed by atoms with Crippen molar-refractivity contribution in [3.8, 4) is 11.5 Å². The predicted octanol–water partition coefficient (Wildman–Crippen LogP) is 3.36. The van der Waals surface area contributed by atoms with Crippen LogP contribution in [0.2, 0.25) is 5.02 Å². The molecule has 0 radical (unpaired) electrons. The molecule has 118 valence electrons. The van der Waals surface area contributed by atoms with Crippen molar-refractivity contribution in [2.24, 2.45) is 0 Å². The lowest BCUT2D eigenvalue weighted by atomic mass is 10.1. The summed E-state index contributed by atoms with van der Waals surface area (Å²) in [6.07, 6.45) is 3.92. The van der Waals surface area contributed by atoms with Gasteiger partial charge in [-0.15, -0.1) is 0 Å². The number of rotatable bonds is 6. The standard InChI is InChI=1S/C16H24ClNO3/c1-18(11-13-6-4-5-7-21-13)10-12-8-15(19-2)16(20-3)9-14(12)17/h8-9,13H,4-7,10-11H2,1-3H3/t13-/m0/s1. The van der Waals surface area contributed by atoms with E-state index in [-0.39, 0.29) is 0 Å². The van der Waals surface area contributed by atoms with Gasteiger partial charge in [0.05, 0.1) is 20.3 Å². The van der Waals surface area contributed by atoms with Gasteiger partial charge in [0.15, 0.2) is 11.5 Å². The van der Waals surface area contributed by atoms with Gasteiger partial charge in [0.2, 0.25) is 0 Å². The fraction of sp³-hybridized carbons (Fsp3) is 0.625. The fourth-order valence-corrected chi connectivity index (χ4v) is 2.89. The minimum atomic E-state index is 0.336. The molecule has 1 aliphatic rings. The van der Waals surface area contributed by atoms with Crippen LogP contribution in [0.15, 0.2) is 12.1 Å². The Balaban J connectivity index is 2.00. The summed E-state index contributed by atoms with van der Waals surface area (Å²) in [4.78, 5) is 2.24. The molecule has 1 aromatic rings. The maximum absolute atomic E-state index is 6.33. The monoisotopic (exact) mass is 313 g/mol. The lowest BCUT2D eigenvalue weighted by molar-refractivity contribution is -0.00259. The first-order chi connectivity index (χ1) is 10.1. The van der Waals surface area contributed by atoms with Gasteiger partial charge in [-0.3, -0.25) is 4.90 Å². The fourth-order valence-electron chi connectivity index (χ4n) is 2.67. The van der Waals surface area contributed by atoms with Gasteiger partial charge in [0.25, 0.3) is 0 Å². The van der Waals surface area contributed by atoms with Crippen molar-refractivity contribution >= 4 is 11.6 Å². The van der Waals surface area contributed by atoms with E-state index in [1.165, 1.54) is 12.8 Å². The van der Waals surface area contributed by atoms with Crippen LogP contribution in [0.25, 0.3) is 0 Å². The van der Waals surface area contributed by atoms with Gasteiger partial charge in [-0.05, 0) is 37.9 Å². The number of hydrogen-bond acceptors (Lipinski definition) is 4. The minimum Gasteiger partial charge on any atom is -0.493 e. The van der Waals surface area contributed by atoms with Gasteiger partial charge in [-0.25, -0.2) is 0 Å². The summed E-state index contributed by atoms with van der Waals surface area (Å²) in [7, 11) is 5.33. The third kappa shape index (κ3) is 4.50. The molecule has 0 N–H and O–H groups in total. The molecule has 0 aromatic heterocycles. The zero-order valence-electron chi connectivity index (χ0n) is 13.0. The molecule has 1 fully saturated rings. The molecule has 21 heavy (non-hydrogen) atoms. The number of benzene rings is 1. The van der Waals surface area contributed by atoms with E-state index in [1.54, 1.807) is 20.3 Å². The second-order valence-electron chi connectivity index (χ2n) is 5.48. The number of hydrogen-bond donors (Lipinski definition) is 0. The minimum absolute atomic E-state index is 0.336. The van der Waals surface area contributed by atoms with E-state index in [9.17, 15) is 0 Å². The van der Waals surface area contributed by atoms with Crippen LogP contribution in [-0.4, -0.2) is 45.4 Å². The Morgan fingerprint density at radius 3 is 2.57 bits per heavy atom. The SMILES string of the molecule is COc1cc(Cl)c(CN(C)C[C@@H]2CCCCO2)cc1OC. The maximum atomic E-state index is 6.33. The van der Waals surface area contributed by atoms with Crippen molar-refractivity contribution in [2.75, 3.05) is 34.4 Å². The molecule has 0 aliphatic carbocycles. The van der Waals surface area contributed by atoms with Crippen molar-refractivity contribution in [3.05, 3.63) is 22.7 Å². The molecule has 0 saturated carbocycles. The van der Waals surface area contributed by atoms with E-state index in [4.69, 9.17) is 25.8 Å². The van der Waals surface area contributed by atoms with Crippen molar-refractivity contribution < 1.29 is 14.2 Å². The Hall–Kier alpha value is -0.970. The molecule has 0 amide bonds. The van der Waals surface area contributed by atoms with Crippen LogP contribution in [0.5, 0.6) is 11.5 Å². The molecule has 1 atom stereocenters. The average molecular weight is 314 g/mol. The van der Waals surface area contributed by atoms with Gasteiger partial charge in [-0.2, -0.15) is 0 Å². The Morgan fingerprint density at radius 1 is 1.24 bits per heavy atom. The van der Waals surface area contributed by atoms with Crippen molar-refractivity contribution in [1.29, 1.82) is 0 Å². The van der Waals surface area contributed by atoms with Crippen LogP contribution in [0.4, 0.5) is 0 Å². The van der Waals surface area contributed by atoms with Gasteiger partial charge < -0.3 is 14.2 Å². The Labute approximate surface area is 131 Å². The predicted molar refractivity (Wildman–Crippen MR) is 84.5 cm³/mol. The van der Waals surface area contributed by atoms with Crippen molar-refractivity contribution in [1.82, 2.24) is 4.90 Å². The number of nitrogens with zero attached hydrogens (tertiary/aromatic N) is 1. The highest BCUT2D eigenvalue weighted by Crippen LogP contribution is 2.33. The van der Waals surface area contributed by atoms with Crippen LogP contribution in [0, 0.1) is 0 Å². The van der Waals surface area contributed by atoms with E-state index in [0.29, 0.717) is 22.6 Å². The molecular formula is C16H24ClNO3. The zero-order valence-corrected chi connectivity index (χ0v) is 13.8. The quantitative estimate of drug-likeness (QED) is 0.806. The first-order valence-corrected chi connectivity index (χ1v) is 7.72. The maximum Gasteiger partial charge on any atom is 0.162 e. The molecule has 0 unspecified atom stereocenters. The largest absolute Gasteiger partial charge is 0.493 e. The normalized spacial score (nSPS) is 18.8. The Kier molecular flexibility index (Phi) is 6.15. The molecule has 4 nitrogen and oxygen atoms in total.